The molecule has 0 aliphatic carbocycles. The third kappa shape index (κ3) is 4.15. The summed E-state index contributed by atoms with van der Waals surface area (Å²) in [5.74, 6) is -0.464. The van der Waals surface area contributed by atoms with Crippen LogP contribution in [0.4, 0.5) is 4.39 Å². The first-order chi connectivity index (χ1) is 12.0. The molecule has 0 bridgehead atoms. The number of rotatable bonds is 5. The molecular formula is C18H12ClFN2O2S. The fourth-order valence-electron chi connectivity index (χ4n) is 2.18. The van der Waals surface area contributed by atoms with E-state index in [0.717, 1.165) is 11.8 Å². The second-order valence-corrected chi connectivity index (χ2v) is 6.51. The lowest BCUT2D eigenvalue weighted by Gasteiger charge is -2.07. The fraction of sp³-hybridized carbons (Fsp3) is 0.0556. The monoisotopic (exact) mass is 374 g/mol. The maximum absolute atomic E-state index is 13.0. The van der Waals surface area contributed by atoms with E-state index in [0.29, 0.717) is 16.3 Å². The predicted molar refractivity (Wildman–Crippen MR) is 96.3 cm³/mol. The summed E-state index contributed by atoms with van der Waals surface area (Å²) in [7, 11) is 0. The van der Waals surface area contributed by atoms with E-state index in [2.05, 4.69) is 4.98 Å². The van der Waals surface area contributed by atoms with E-state index in [1.165, 1.54) is 41.2 Å². The zero-order chi connectivity index (χ0) is 17.8. The second kappa shape index (κ2) is 7.63. The number of aromatic nitrogens is 2. The van der Waals surface area contributed by atoms with Gasteiger partial charge in [-0.2, -0.15) is 0 Å². The summed E-state index contributed by atoms with van der Waals surface area (Å²) in [4.78, 5) is 28.8. The van der Waals surface area contributed by atoms with Crippen LogP contribution in [0.1, 0.15) is 10.4 Å². The quantitative estimate of drug-likeness (QED) is 0.500. The average Bonchev–Trinajstić information content (AvgIpc) is 2.61. The van der Waals surface area contributed by atoms with Crippen LogP contribution in [0.5, 0.6) is 0 Å². The third-order valence-electron chi connectivity index (χ3n) is 3.40. The molecule has 4 nitrogen and oxygen atoms in total. The molecule has 0 radical (unpaired) electrons. The van der Waals surface area contributed by atoms with Crippen LogP contribution in [0.2, 0.25) is 5.02 Å². The van der Waals surface area contributed by atoms with Crippen molar-refractivity contribution in [3.8, 4) is 5.69 Å². The van der Waals surface area contributed by atoms with Gasteiger partial charge in [-0.05, 0) is 36.4 Å². The number of thioether (sulfide) groups is 1. The Morgan fingerprint density at radius 2 is 1.96 bits per heavy atom. The van der Waals surface area contributed by atoms with E-state index in [1.807, 2.05) is 0 Å². The molecule has 0 saturated carbocycles. The van der Waals surface area contributed by atoms with Crippen LogP contribution in [-0.4, -0.2) is 21.1 Å². The Balaban J connectivity index is 1.79. The molecule has 1 aromatic heterocycles. The molecule has 0 aliphatic heterocycles. The maximum atomic E-state index is 13.0. The van der Waals surface area contributed by atoms with Crippen LogP contribution >= 0.6 is 23.4 Å². The van der Waals surface area contributed by atoms with Crippen molar-refractivity contribution in [2.24, 2.45) is 0 Å². The topological polar surface area (TPSA) is 52.0 Å². The zero-order valence-electron chi connectivity index (χ0n) is 12.9. The highest BCUT2D eigenvalue weighted by molar-refractivity contribution is 7.99. The number of nitrogens with zero attached hydrogens (tertiary/aromatic N) is 2. The minimum atomic E-state index is -0.382. The van der Waals surface area contributed by atoms with Crippen molar-refractivity contribution in [2.75, 3.05) is 5.75 Å². The number of hydrogen-bond donors (Lipinski definition) is 0. The van der Waals surface area contributed by atoms with Gasteiger partial charge in [-0.25, -0.2) is 9.37 Å². The SMILES string of the molecule is O=C(CSc1nccn(-c2ccc(F)cc2)c1=O)c1cccc(Cl)c1. The second-order valence-electron chi connectivity index (χ2n) is 5.11. The van der Waals surface area contributed by atoms with E-state index in [-0.39, 0.29) is 27.9 Å². The van der Waals surface area contributed by atoms with Gasteiger partial charge in [-0.15, -0.1) is 0 Å². The van der Waals surface area contributed by atoms with Gasteiger partial charge < -0.3 is 0 Å². The molecule has 0 fully saturated rings. The summed E-state index contributed by atoms with van der Waals surface area (Å²) in [5, 5.41) is 0.676. The highest BCUT2D eigenvalue weighted by atomic mass is 35.5. The Bertz CT molecular complexity index is 973. The number of carbonyl (C=O) groups is 1. The van der Waals surface area contributed by atoms with Crippen molar-refractivity contribution in [3.63, 3.8) is 0 Å². The fourth-order valence-corrected chi connectivity index (χ4v) is 3.16. The summed E-state index contributed by atoms with van der Waals surface area (Å²) < 4.78 is 14.4. The number of halogens is 2. The highest BCUT2D eigenvalue weighted by Gasteiger charge is 2.12. The van der Waals surface area contributed by atoms with Crippen molar-refractivity contribution in [3.05, 3.63) is 87.7 Å². The van der Waals surface area contributed by atoms with Crippen LogP contribution in [0.25, 0.3) is 5.69 Å². The molecule has 0 spiro atoms. The van der Waals surface area contributed by atoms with E-state index >= 15 is 0 Å². The number of benzene rings is 2. The smallest absolute Gasteiger partial charge is 0.287 e. The Morgan fingerprint density at radius 3 is 2.68 bits per heavy atom. The molecule has 0 amide bonds. The molecular weight excluding hydrogens is 363 g/mol. The van der Waals surface area contributed by atoms with E-state index in [1.54, 1.807) is 24.3 Å². The van der Waals surface area contributed by atoms with Crippen molar-refractivity contribution >= 4 is 29.1 Å². The molecule has 0 atom stereocenters. The first kappa shape index (κ1) is 17.4. The van der Waals surface area contributed by atoms with Gasteiger partial charge in [0.2, 0.25) is 0 Å². The van der Waals surface area contributed by atoms with Crippen molar-refractivity contribution in [2.45, 2.75) is 5.03 Å². The van der Waals surface area contributed by atoms with Crippen LogP contribution in [0.15, 0.2) is 70.7 Å². The molecule has 7 heteroatoms. The van der Waals surface area contributed by atoms with Crippen LogP contribution in [-0.2, 0) is 0 Å². The number of hydrogen-bond acceptors (Lipinski definition) is 4. The van der Waals surface area contributed by atoms with Crippen LogP contribution in [0.3, 0.4) is 0 Å². The Labute approximate surface area is 152 Å². The van der Waals surface area contributed by atoms with E-state index in [9.17, 15) is 14.0 Å². The number of carbonyl (C=O) groups excluding carboxylic acids is 1. The molecule has 0 saturated heterocycles. The van der Waals surface area contributed by atoms with Gasteiger partial charge in [-0.1, -0.05) is 35.5 Å². The van der Waals surface area contributed by atoms with Crippen LogP contribution in [0, 0.1) is 5.82 Å². The normalized spacial score (nSPS) is 10.6. The number of ketones is 1. The van der Waals surface area contributed by atoms with Gasteiger partial charge in [0.15, 0.2) is 10.8 Å². The van der Waals surface area contributed by atoms with E-state index < -0.39 is 0 Å². The van der Waals surface area contributed by atoms with E-state index in [4.69, 9.17) is 11.6 Å². The van der Waals surface area contributed by atoms with Gasteiger partial charge in [0.05, 0.1) is 5.75 Å². The lowest BCUT2D eigenvalue weighted by molar-refractivity contribution is 0.102. The number of Topliss-reactive ketones (excluding diaryl/α,β-unsaturated/α-hetero) is 1. The molecule has 0 unspecified atom stereocenters. The Morgan fingerprint density at radius 1 is 1.20 bits per heavy atom. The van der Waals surface area contributed by atoms with Crippen molar-refractivity contribution in [1.82, 2.24) is 9.55 Å². The first-order valence-electron chi connectivity index (χ1n) is 7.30. The molecule has 0 N–H and O–H groups in total. The van der Waals surface area contributed by atoms with Crippen molar-refractivity contribution < 1.29 is 9.18 Å². The summed E-state index contributed by atoms with van der Waals surface area (Å²) in [6.07, 6.45) is 2.97. The zero-order valence-corrected chi connectivity index (χ0v) is 14.4. The molecule has 126 valence electrons. The largest absolute Gasteiger partial charge is 0.293 e. The molecule has 25 heavy (non-hydrogen) atoms. The average molecular weight is 375 g/mol. The summed E-state index contributed by atoms with van der Waals surface area (Å²) >= 11 is 6.94. The molecule has 1 heterocycles. The van der Waals surface area contributed by atoms with Crippen molar-refractivity contribution in [1.29, 1.82) is 0 Å². The molecule has 3 aromatic rings. The van der Waals surface area contributed by atoms with Gasteiger partial charge in [-0.3, -0.25) is 14.2 Å². The predicted octanol–water partition coefficient (Wildman–Crippen LogP) is 4.00. The minimum Gasteiger partial charge on any atom is -0.293 e. The Kier molecular flexibility index (Phi) is 5.31. The van der Waals surface area contributed by atoms with Gasteiger partial charge >= 0.3 is 0 Å². The summed E-state index contributed by atoms with van der Waals surface area (Å²) in [6.45, 7) is 0. The lowest BCUT2D eigenvalue weighted by Crippen LogP contribution is -2.21. The van der Waals surface area contributed by atoms with Gasteiger partial charge in [0.25, 0.3) is 5.56 Å². The molecule has 0 aliphatic rings. The minimum absolute atomic E-state index is 0.0655. The maximum Gasteiger partial charge on any atom is 0.287 e. The van der Waals surface area contributed by atoms with Gasteiger partial charge in [0, 0.05) is 28.7 Å². The standard InChI is InChI=1S/C18H12ClFN2O2S/c19-13-3-1-2-12(10-13)16(23)11-25-17-18(24)22(9-8-21-17)15-6-4-14(20)5-7-15/h1-10H,11H2. The summed E-state index contributed by atoms with van der Waals surface area (Å²) in [5.41, 5.74) is 0.643. The first-order valence-corrected chi connectivity index (χ1v) is 8.66. The van der Waals surface area contributed by atoms with Crippen LogP contribution < -0.4 is 5.56 Å². The lowest BCUT2D eigenvalue weighted by atomic mass is 10.1. The highest BCUT2D eigenvalue weighted by Crippen LogP contribution is 2.17. The third-order valence-corrected chi connectivity index (χ3v) is 4.60. The summed E-state index contributed by atoms with van der Waals surface area (Å²) in [6, 6.07) is 12.2. The Hall–Kier alpha value is -2.44. The van der Waals surface area contributed by atoms with Gasteiger partial charge in [0.1, 0.15) is 5.82 Å². The molecule has 2 aromatic carbocycles. The molecule has 3 rings (SSSR count).